The molecular weight excluding hydrogens is 358 g/mol. The van der Waals surface area contributed by atoms with Gasteiger partial charge in [0.15, 0.2) is 0 Å². The zero-order chi connectivity index (χ0) is 18.9. The molecule has 0 fully saturated rings. The molecule has 6 rings (SSSR count). The van der Waals surface area contributed by atoms with E-state index in [1.807, 2.05) is 0 Å². The first-order chi connectivity index (χ1) is 13.7. The summed E-state index contributed by atoms with van der Waals surface area (Å²) in [7, 11) is -1.82. The molecule has 1 aliphatic heterocycles. The summed E-state index contributed by atoms with van der Waals surface area (Å²) in [6.07, 6.45) is 1.75. The molecule has 1 aliphatic rings. The maximum absolute atomic E-state index is 4.83. The van der Waals surface area contributed by atoms with Crippen molar-refractivity contribution in [1.29, 1.82) is 0 Å². The monoisotopic (exact) mass is 377 g/mol. The number of benzene rings is 3. The van der Waals surface area contributed by atoms with Crippen LogP contribution in [-0.2, 0) is 0 Å². The Kier molecular flexibility index (Phi) is 3.04. The fraction of sp³-hybridized carbons (Fsp3) is 0.0833. The SMILES string of the molecule is C[Si]1(C)c2ccccc2-c2c(-n3c4ccccc4c4ccccc43)ncnc21. The highest BCUT2D eigenvalue weighted by molar-refractivity contribution is 7.03. The highest BCUT2D eigenvalue weighted by Crippen LogP contribution is 2.36. The summed E-state index contributed by atoms with van der Waals surface area (Å²) in [5, 5.41) is 5.20. The Labute approximate surface area is 164 Å². The maximum atomic E-state index is 4.83. The molecule has 0 unspecified atom stereocenters. The third-order valence-corrected chi connectivity index (χ3v) is 9.43. The predicted molar refractivity (Wildman–Crippen MR) is 119 cm³/mol. The summed E-state index contributed by atoms with van der Waals surface area (Å²) < 4.78 is 2.32. The summed E-state index contributed by atoms with van der Waals surface area (Å²) in [5.74, 6) is 0.993. The molecule has 0 N–H and O–H groups in total. The van der Waals surface area contributed by atoms with Gasteiger partial charge in [0, 0.05) is 21.7 Å². The second-order valence-electron chi connectivity index (χ2n) is 7.96. The van der Waals surface area contributed by atoms with E-state index in [2.05, 4.69) is 90.5 Å². The molecule has 2 aromatic heterocycles. The molecule has 3 heterocycles. The standard InChI is InChI=1S/C24H19N3Si/c1-28(2)21-14-8-5-11-18(21)22-23(25-15-26-24(22)28)27-19-12-6-3-9-16(19)17-10-4-7-13-20(17)27/h3-15H,1-2H3. The fourth-order valence-corrected chi connectivity index (χ4v) is 7.69. The predicted octanol–water partition coefficient (Wildman–Crippen LogP) is 4.38. The zero-order valence-corrected chi connectivity index (χ0v) is 16.8. The highest BCUT2D eigenvalue weighted by Gasteiger charge is 2.41. The van der Waals surface area contributed by atoms with Crippen LogP contribution in [0.15, 0.2) is 79.1 Å². The van der Waals surface area contributed by atoms with E-state index in [0.717, 1.165) is 5.82 Å². The number of hydrogen-bond acceptors (Lipinski definition) is 2. The first-order valence-corrected chi connectivity index (χ1v) is 12.6. The van der Waals surface area contributed by atoms with E-state index in [0.29, 0.717) is 0 Å². The molecule has 5 aromatic rings. The third kappa shape index (κ3) is 1.88. The minimum absolute atomic E-state index is 0.993. The van der Waals surface area contributed by atoms with Crippen LogP contribution in [0.2, 0.25) is 13.1 Å². The quantitative estimate of drug-likeness (QED) is 0.406. The molecular formula is C24H19N3Si. The van der Waals surface area contributed by atoms with Crippen LogP contribution in [0.25, 0.3) is 38.8 Å². The van der Waals surface area contributed by atoms with Crippen LogP contribution >= 0.6 is 0 Å². The van der Waals surface area contributed by atoms with E-state index < -0.39 is 8.07 Å². The lowest BCUT2D eigenvalue weighted by Gasteiger charge is -2.17. The molecule has 3 nitrogen and oxygen atoms in total. The topological polar surface area (TPSA) is 30.7 Å². The van der Waals surface area contributed by atoms with E-state index in [-0.39, 0.29) is 0 Å². The first kappa shape index (κ1) is 15.8. The van der Waals surface area contributed by atoms with Crippen molar-refractivity contribution in [2.45, 2.75) is 13.1 Å². The maximum Gasteiger partial charge on any atom is 0.148 e. The Bertz CT molecular complexity index is 1340. The fourth-order valence-electron chi connectivity index (χ4n) is 4.79. The Morgan fingerprint density at radius 3 is 2.04 bits per heavy atom. The van der Waals surface area contributed by atoms with Crippen molar-refractivity contribution in [1.82, 2.24) is 14.5 Å². The van der Waals surface area contributed by atoms with Crippen LogP contribution in [0, 0.1) is 0 Å². The van der Waals surface area contributed by atoms with Gasteiger partial charge in [0.2, 0.25) is 0 Å². The molecule has 0 spiro atoms. The summed E-state index contributed by atoms with van der Waals surface area (Å²) in [4.78, 5) is 9.63. The lowest BCUT2D eigenvalue weighted by Crippen LogP contribution is -2.50. The second kappa shape index (κ2) is 5.39. The van der Waals surface area contributed by atoms with Crippen molar-refractivity contribution in [2.24, 2.45) is 0 Å². The first-order valence-electron chi connectivity index (χ1n) is 9.62. The molecule has 0 radical (unpaired) electrons. The van der Waals surface area contributed by atoms with Gasteiger partial charge in [0.25, 0.3) is 0 Å². The van der Waals surface area contributed by atoms with Gasteiger partial charge < -0.3 is 0 Å². The normalized spacial score (nSPS) is 14.4. The number of rotatable bonds is 1. The molecule has 0 aliphatic carbocycles. The van der Waals surface area contributed by atoms with Crippen LogP contribution < -0.4 is 10.5 Å². The van der Waals surface area contributed by atoms with E-state index in [1.54, 1.807) is 6.33 Å². The second-order valence-corrected chi connectivity index (χ2v) is 12.2. The lowest BCUT2D eigenvalue weighted by atomic mass is 10.1. The van der Waals surface area contributed by atoms with Crippen molar-refractivity contribution in [3.63, 3.8) is 0 Å². The van der Waals surface area contributed by atoms with Crippen molar-refractivity contribution in [3.8, 4) is 16.9 Å². The average Bonchev–Trinajstić information content (AvgIpc) is 3.19. The Balaban J connectivity index is 1.80. The minimum Gasteiger partial charge on any atom is -0.293 e. The van der Waals surface area contributed by atoms with Crippen molar-refractivity contribution >= 4 is 40.4 Å². The molecule has 134 valence electrons. The van der Waals surface area contributed by atoms with Gasteiger partial charge in [-0.25, -0.2) is 9.97 Å². The molecule has 0 saturated heterocycles. The Morgan fingerprint density at radius 2 is 1.32 bits per heavy atom. The Hall–Kier alpha value is -3.24. The molecule has 3 aromatic carbocycles. The molecule has 0 atom stereocenters. The number of fused-ring (bicyclic) bond motifs is 6. The van der Waals surface area contributed by atoms with E-state index in [4.69, 9.17) is 9.97 Å². The Morgan fingerprint density at radius 1 is 0.714 bits per heavy atom. The van der Waals surface area contributed by atoms with Gasteiger partial charge in [-0.3, -0.25) is 4.57 Å². The van der Waals surface area contributed by atoms with E-state index in [9.17, 15) is 0 Å². The molecule has 0 amide bonds. The largest absolute Gasteiger partial charge is 0.293 e. The summed E-state index contributed by atoms with van der Waals surface area (Å²) in [6.45, 7) is 4.78. The van der Waals surface area contributed by atoms with Gasteiger partial charge in [0.1, 0.15) is 20.2 Å². The zero-order valence-electron chi connectivity index (χ0n) is 15.8. The summed E-state index contributed by atoms with van der Waals surface area (Å²) in [6, 6.07) is 26.0. The van der Waals surface area contributed by atoms with Crippen LogP contribution in [0.3, 0.4) is 0 Å². The lowest BCUT2D eigenvalue weighted by molar-refractivity contribution is 1.05. The van der Waals surface area contributed by atoms with Gasteiger partial charge in [0.05, 0.1) is 11.0 Å². The number of aromatic nitrogens is 3. The van der Waals surface area contributed by atoms with Crippen LogP contribution in [0.4, 0.5) is 0 Å². The number of para-hydroxylation sites is 2. The van der Waals surface area contributed by atoms with Crippen LogP contribution in [0.1, 0.15) is 0 Å². The van der Waals surface area contributed by atoms with Crippen molar-refractivity contribution < 1.29 is 0 Å². The summed E-state index contributed by atoms with van der Waals surface area (Å²) >= 11 is 0. The molecule has 0 saturated carbocycles. The van der Waals surface area contributed by atoms with Crippen molar-refractivity contribution in [2.75, 3.05) is 0 Å². The van der Waals surface area contributed by atoms with Crippen molar-refractivity contribution in [3.05, 3.63) is 79.1 Å². The molecule has 4 heteroatoms. The molecule has 28 heavy (non-hydrogen) atoms. The van der Waals surface area contributed by atoms with Crippen LogP contribution in [0.5, 0.6) is 0 Å². The third-order valence-electron chi connectivity index (χ3n) is 6.08. The molecule has 0 bridgehead atoms. The van der Waals surface area contributed by atoms with E-state index >= 15 is 0 Å². The van der Waals surface area contributed by atoms with E-state index in [1.165, 1.54) is 43.4 Å². The average molecular weight is 378 g/mol. The van der Waals surface area contributed by atoms with Gasteiger partial charge in [-0.05, 0) is 22.9 Å². The van der Waals surface area contributed by atoms with Gasteiger partial charge in [-0.1, -0.05) is 73.8 Å². The van der Waals surface area contributed by atoms with Crippen LogP contribution in [-0.4, -0.2) is 22.6 Å². The van der Waals surface area contributed by atoms with Gasteiger partial charge >= 0.3 is 0 Å². The highest BCUT2D eigenvalue weighted by atomic mass is 28.3. The van der Waals surface area contributed by atoms with Gasteiger partial charge in [-0.2, -0.15) is 0 Å². The summed E-state index contributed by atoms with van der Waals surface area (Å²) in [5.41, 5.74) is 4.88. The number of nitrogens with zero attached hydrogens (tertiary/aromatic N) is 3. The van der Waals surface area contributed by atoms with Gasteiger partial charge in [-0.15, -0.1) is 0 Å². The number of hydrogen-bond donors (Lipinski definition) is 0. The minimum atomic E-state index is -1.82. The smallest absolute Gasteiger partial charge is 0.148 e.